The molecule has 7 N–H and O–H groups in total. The van der Waals surface area contributed by atoms with Gasteiger partial charge >= 0.3 is 7.82 Å². The highest BCUT2D eigenvalue weighted by Gasteiger charge is 2.53. The third-order valence-electron chi connectivity index (χ3n) is 4.31. The van der Waals surface area contributed by atoms with E-state index in [2.05, 4.69) is 20.3 Å². The van der Waals surface area contributed by atoms with Gasteiger partial charge in [0.25, 0.3) is 0 Å². The van der Waals surface area contributed by atoms with Gasteiger partial charge in [-0.1, -0.05) is 0 Å². The van der Waals surface area contributed by atoms with E-state index in [1.165, 1.54) is 10.9 Å². The Morgan fingerprint density at radius 3 is 3.04 bits per heavy atom. The smallest absolute Gasteiger partial charge is 0.386 e. The average molecular weight is 401 g/mol. The van der Waals surface area contributed by atoms with Crippen molar-refractivity contribution in [2.75, 3.05) is 24.2 Å². The van der Waals surface area contributed by atoms with Crippen LogP contribution >= 0.6 is 7.82 Å². The van der Waals surface area contributed by atoms with Crippen molar-refractivity contribution in [3.63, 3.8) is 0 Å². The van der Waals surface area contributed by atoms with Crippen molar-refractivity contribution in [2.24, 2.45) is 5.73 Å². The molecule has 4 heterocycles. The van der Waals surface area contributed by atoms with E-state index in [1.807, 2.05) is 6.92 Å². The van der Waals surface area contributed by atoms with E-state index in [9.17, 15) is 14.6 Å². The summed E-state index contributed by atoms with van der Waals surface area (Å²) in [5.41, 5.74) is 12.3. The van der Waals surface area contributed by atoms with Crippen molar-refractivity contribution in [1.29, 1.82) is 0 Å². The van der Waals surface area contributed by atoms with Crippen LogP contribution in [0.15, 0.2) is 6.33 Å². The molecule has 0 spiro atoms. The molecular weight excluding hydrogens is 381 g/mol. The maximum absolute atomic E-state index is 11.7. The van der Waals surface area contributed by atoms with Crippen molar-refractivity contribution in [2.45, 2.75) is 37.5 Å². The molecule has 14 heteroatoms. The molecule has 0 bridgehead atoms. The first-order valence-corrected chi connectivity index (χ1v) is 9.73. The highest BCUT2D eigenvalue weighted by Crippen LogP contribution is 2.52. The number of nitrogen functional groups attached to an aromatic ring is 1. The van der Waals surface area contributed by atoms with Gasteiger partial charge in [0.1, 0.15) is 24.6 Å². The van der Waals surface area contributed by atoms with Crippen molar-refractivity contribution in [3.8, 4) is 0 Å². The highest BCUT2D eigenvalue weighted by molar-refractivity contribution is 7.47. The molecule has 2 aromatic heterocycles. The molecule has 6 atom stereocenters. The predicted octanol–water partition coefficient (Wildman–Crippen LogP) is -1.06. The molecule has 2 aromatic rings. The SMILES string of the molecule is C[C@@H](N)CNc1nc2c(N)ncnc2n1[C@@H]1O[C@@H]2COP(=O)(O)O[C@H]2[C@H]1O. The number of nitrogens with zero attached hydrogens (tertiary/aromatic N) is 4. The van der Waals surface area contributed by atoms with E-state index in [-0.39, 0.29) is 18.5 Å². The Bertz CT molecular complexity index is 907. The Morgan fingerprint density at radius 1 is 1.52 bits per heavy atom. The van der Waals surface area contributed by atoms with Gasteiger partial charge in [-0.3, -0.25) is 13.6 Å². The molecule has 0 amide bonds. The zero-order valence-electron chi connectivity index (χ0n) is 14.3. The first kappa shape index (κ1) is 18.5. The second-order valence-electron chi connectivity index (χ2n) is 6.48. The lowest BCUT2D eigenvalue weighted by molar-refractivity contribution is -0.0659. The molecule has 0 aromatic carbocycles. The Balaban J connectivity index is 1.75. The van der Waals surface area contributed by atoms with Gasteiger partial charge in [-0.05, 0) is 6.92 Å². The lowest BCUT2D eigenvalue weighted by Gasteiger charge is -2.27. The fourth-order valence-corrected chi connectivity index (χ4v) is 4.06. The molecule has 148 valence electrons. The minimum atomic E-state index is -4.23. The van der Waals surface area contributed by atoms with Gasteiger partial charge in [0.15, 0.2) is 23.2 Å². The van der Waals surface area contributed by atoms with Gasteiger partial charge in [0.2, 0.25) is 5.95 Å². The van der Waals surface area contributed by atoms with Gasteiger partial charge in [0, 0.05) is 12.6 Å². The van der Waals surface area contributed by atoms with Crippen LogP contribution < -0.4 is 16.8 Å². The molecule has 2 aliphatic heterocycles. The van der Waals surface area contributed by atoms with Crippen molar-refractivity contribution >= 4 is 30.8 Å². The van der Waals surface area contributed by atoms with E-state index in [4.69, 9.17) is 25.3 Å². The molecular formula is C13H20N7O6P. The maximum atomic E-state index is 11.7. The summed E-state index contributed by atoms with van der Waals surface area (Å²) in [5, 5.41) is 13.8. The second kappa shape index (κ2) is 6.63. The summed E-state index contributed by atoms with van der Waals surface area (Å²) >= 11 is 0. The monoisotopic (exact) mass is 401 g/mol. The molecule has 13 nitrogen and oxygen atoms in total. The number of imidazole rings is 1. The Hall–Kier alpha value is -1.86. The topological polar surface area (TPSA) is 193 Å². The van der Waals surface area contributed by atoms with Crippen LogP contribution in [-0.2, 0) is 18.3 Å². The summed E-state index contributed by atoms with van der Waals surface area (Å²) < 4.78 is 28.8. The van der Waals surface area contributed by atoms with E-state index < -0.39 is 32.4 Å². The number of nitrogens with two attached hydrogens (primary N) is 2. The fourth-order valence-electron chi connectivity index (χ4n) is 3.09. The number of hydrogen-bond donors (Lipinski definition) is 5. The molecule has 1 unspecified atom stereocenters. The lowest BCUT2D eigenvalue weighted by Crippen LogP contribution is -2.39. The summed E-state index contributed by atoms with van der Waals surface area (Å²) in [6, 6.07) is -0.171. The largest absolute Gasteiger partial charge is 0.472 e. The van der Waals surface area contributed by atoms with Crippen molar-refractivity contribution < 1.29 is 28.3 Å². The second-order valence-corrected chi connectivity index (χ2v) is 7.89. The van der Waals surface area contributed by atoms with Gasteiger partial charge < -0.3 is 31.5 Å². The summed E-state index contributed by atoms with van der Waals surface area (Å²) in [7, 11) is -4.23. The normalized spacial score (nSPS) is 34.5. The Morgan fingerprint density at radius 2 is 2.30 bits per heavy atom. The van der Waals surface area contributed by atoms with Gasteiger partial charge in [0.05, 0.1) is 6.61 Å². The fraction of sp³-hybridized carbons (Fsp3) is 0.615. The summed E-state index contributed by atoms with van der Waals surface area (Å²) in [4.78, 5) is 22.0. The zero-order chi connectivity index (χ0) is 19.3. The number of aromatic nitrogens is 4. The molecule has 2 saturated heterocycles. The quantitative estimate of drug-likeness (QED) is 0.391. The number of rotatable bonds is 4. The van der Waals surface area contributed by atoms with Crippen molar-refractivity contribution in [1.82, 2.24) is 19.5 Å². The lowest BCUT2D eigenvalue weighted by atomic mass is 10.1. The van der Waals surface area contributed by atoms with Crippen LogP contribution in [0.5, 0.6) is 0 Å². The van der Waals surface area contributed by atoms with Crippen LogP contribution in [0, 0.1) is 0 Å². The average Bonchev–Trinajstić information content (AvgIpc) is 3.11. The van der Waals surface area contributed by atoms with E-state index in [0.717, 1.165) is 0 Å². The number of aliphatic hydroxyl groups excluding tert-OH is 1. The van der Waals surface area contributed by atoms with Crippen LogP contribution in [0.4, 0.5) is 11.8 Å². The molecule has 0 radical (unpaired) electrons. The van der Waals surface area contributed by atoms with E-state index in [0.29, 0.717) is 23.7 Å². The third-order valence-corrected chi connectivity index (χ3v) is 5.29. The predicted molar refractivity (Wildman–Crippen MR) is 92.4 cm³/mol. The molecule has 0 aliphatic carbocycles. The first-order valence-electron chi connectivity index (χ1n) is 8.24. The van der Waals surface area contributed by atoms with Crippen LogP contribution in [0.25, 0.3) is 11.2 Å². The van der Waals surface area contributed by atoms with Crippen LogP contribution in [-0.4, -0.2) is 67.0 Å². The number of hydrogen-bond acceptors (Lipinski definition) is 11. The maximum Gasteiger partial charge on any atom is 0.472 e. The number of ether oxygens (including phenoxy) is 1. The first-order chi connectivity index (χ1) is 12.8. The van der Waals surface area contributed by atoms with Gasteiger partial charge in [-0.2, -0.15) is 0 Å². The van der Waals surface area contributed by atoms with Crippen molar-refractivity contribution in [3.05, 3.63) is 6.33 Å². The number of phosphoric ester groups is 1. The van der Waals surface area contributed by atoms with E-state index in [1.54, 1.807) is 0 Å². The standard InChI is InChI=1S/C13H20N7O6P/c1-5(14)2-16-13-19-7-10(15)17-4-18-11(7)20(13)12-8(21)9-6(25-12)3-24-27(22,23)26-9/h4-6,8-9,12,21H,2-3,14H2,1H3,(H,16,19)(H,22,23)(H2,15,17,18)/t5-,6-,8-,9-,12-/m1/s1. The Labute approximate surface area is 153 Å². The third kappa shape index (κ3) is 3.27. The molecule has 2 fully saturated rings. The van der Waals surface area contributed by atoms with Crippen LogP contribution in [0.1, 0.15) is 13.2 Å². The number of aliphatic hydroxyl groups is 1. The number of anilines is 2. The summed E-state index contributed by atoms with van der Waals surface area (Å²) in [6.07, 6.45) is -2.80. The summed E-state index contributed by atoms with van der Waals surface area (Å²) in [5.74, 6) is 0.470. The number of nitrogens with one attached hydrogen (secondary N) is 1. The molecule has 4 rings (SSSR count). The Kier molecular flexibility index (Phi) is 4.55. The minimum absolute atomic E-state index is 0.159. The number of fused-ring (bicyclic) bond motifs is 2. The molecule has 0 saturated carbocycles. The van der Waals surface area contributed by atoms with Gasteiger partial charge in [-0.25, -0.2) is 19.5 Å². The number of phosphoric acid groups is 1. The zero-order valence-corrected chi connectivity index (χ0v) is 15.2. The van der Waals surface area contributed by atoms with E-state index >= 15 is 0 Å². The van der Waals surface area contributed by atoms with Crippen LogP contribution in [0.3, 0.4) is 0 Å². The summed E-state index contributed by atoms with van der Waals surface area (Å²) in [6.45, 7) is 2.00. The van der Waals surface area contributed by atoms with Gasteiger partial charge in [-0.15, -0.1) is 0 Å². The molecule has 2 aliphatic rings. The highest BCUT2D eigenvalue weighted by atomic mass is 31.2. The molecule has 27 heavy (non-hydrogen) atoms. The van der Waals surface area contributed by atoms with Crippen LogP contribution in [0.2, 0.25) is 0 Å². The minimum Gasteiger partial charge on any atom is -0.386 e.